The van der Waals surface area contributed by atoms with Gasteiger partial charge in [0, 0.05) is 5.57 Å². The molecule has 0 rings (SSSR count). The number of hydrogen-bond donors (Lipinski definition) is 0. The summed E-state index contributed by atoms with van der Waals surface area (Å²) in [6.45, 7) is 16.4. The third-order valence-corrected chi connectivity index (χ3v) is 0.659. The summed E-state index contributed by atoms with van der Waals surface area (Å²) in [6.07, 6.45) is 0. The third kappa shape index (κ3) is 1.45. The van der Waals surface area contributed by atoms with E-state index in [1.54, 1.807) is 13.8 Å². The molecule has 0 aliphatic heterocycles. The molecule has 0 saturated heterocycles. The minimum Gasteiger partial charge on any atom is -0.154 e. The number of nitrogens with zero attached hydrogens (tertiary/aromatic N) is 2. The van der Waals surface area contributed by atoms with E-state index in [1.165, 1.54) is 0 Å². The molecule has 0 atom stereocenters. The van der Waals surface area contributed by atoms with Crippen molar-refractivity contribution in [2.24, 2.45) is 0 Å². The molecule has 0 fully saturated rings. The highest BCUT2D eigenvalue weighted by Crippen LogP contribution is 2.04. The summed E-state index contributed by atoms with van der Waals surface area (Å²) < 4.78 is 0. The van der Waals surface area contributed by atoms with Crippen molar-refractivity contribution in [2.45, 2.75) is 13.8 Å². The lowest BCUT2D eigenvalue weighted by Crippen LogP contribution is -1.67. The van der Waals surface area contributed by atoms with Gasteiger partial charge < -0.3 is 0 Å². The standard InChI is InChI=1S/C6H6N2/c1-5(2)6(7-3)8-4/h1-2H3. The van der Waals surface area contributed by atoms with Gasteiger partial charge in [-0.1, -0.05) is 0 Å². The lowest BCUT2D eigenvalue weighted by atomic mass is 10.3. The first-order chi connectivity index (χ1) is 3.72. The monoisotopic (exact) mass is 106 g/mol. The smallest absolute Gasteiger partial charge is 0.154 e. The number of rotatable bonds is 0. The van der Waals surface area contributed by atoms with Gasteiger partial charge in [-0.2, -0.15) is 9.69 Å². The Morgan fingerprint density at radius 3 is 1.50 bits per heavy atom. The molecule has 0 bridgehead atoms. The van der Waals surface area contributed by atoms with Gasteiger partial charge >= 0.3 is 5.82 Å². The Morgan fingerprint density at radius 1 is 1.12 bits per heavy atom. The van der Waals surface area contributed by atoms with Crippen LogP contribution in [-0.2, 0) is 0 Å². The molecule has 0 aliphatic rings. The van der Waals surface area contributed by atoms with Gasteiger partial charge in [-0.25, -0.2) is 0 Å². The van der Waals surface area contributed by atoms with Crippen LogP contribution in [0.25, 0.3) is 9.69 Å². The van der Waals surface area contributed by atoms with Crippen LogP contribution in [0.15, 0.2) is 11.4 Å². The van der Waals surface area contributed by atoms with E-state index in [0.29, 0.717) is 0 Å². The van der Waals surface area contributed by atoms with Gasteiger partial charge in [-0.05, 0) is 13.8 Å². The maximum absolute atomic E-state index is 6.44. The van der Waals surface area contributed by atoms with Crippen molar-refractivity contribution in [3.8, 4) is 0 Å². The van der Waals surface area contributed by atoms with Crippen LogP contribution in [0, 0.1) is 13.1 Å². The van der Waals surface area contributed by atoms with Crippen molar-refractivity contribution in [2.75, 3.05) is 0 Å². The molecule has 0 radical (unpaired) electrons. The van der Waals surface area contributed by atoms with Gasteiger partial charge in [-0.15, -0.1) is 0 Å². The quantitative estimate of drug-likeness (QED) is 0.418. The predicted octanol–water partition coefficient (Wildman–Crippen LogP) is 2.08. The van der Waals surface area contributed by atoms with Gasteiger partial charge in [-0.3, -0.25) is 0 Å². The highest BCUT2D eigenvalue weighted by Gasteiger charge is 2.01. The molecule has 0 aromatic rings. The van der Waals surface area contributed by atoms with Gasteiger partial charge in [0.2, 0.25) is 0 Å². The number of hydrogen-bond acceptors (Lipinski definition) is 0. The molecule has 0 unspecified atom stereocenters. The van der Waals surface area contributed by atoms with E-state index >= 15 is 0 Å². The largest absolute Gasteiger partial charge is 0.518 e. The maximum Gasteiger partial charge on any atom is 0.518 e. The zero-order valence-corrected chi connectivity index (χ0v) is 4.89. The summed E-state index contributed by atoms with van der Waals surface area (Å²) in [5.41, 5.74) is 0.787. The molecule has 0 saturated carbocycles. The predicted molar refractivity (Wildman–Crippen MR) is 31.6 cm³/mol. The second kappa shape index (κ2) is 2.82. The molecule has 0 aliphatic carbocycles. The fourth-order valence-corrected chi connectivity index (χ4v) is 0.249. The molecule has 0 amide bonds. The van der Waals surface area contributed by atoms with Crippen LogP contribution in [-0.4, -0.2) is 0 Å². The van der Waals surface area contributed by atoms with E-state index in [1.807, 2.05) is 0 Å². The van der Waals surface area contributed by atoms with E-state index in [9.17, 15) is 0 Å². The zero-order chi connectivity index (χ0) is 6.57. The highest BCUT2D eigenvalue weighted by molar-refractivity contribution is 5.22. The third-order valence-electron chi connectivity index (χ3n) is 0.659. The van der Waals surface area contributed by atoms with Crippen molar-refractivity contribution in [3.63, 3.8) is 0 Å². The molecule has 40 valence electrons. The van der Waals surface area contributed by atoms with Crippen molar-refractivity contribution >= 4 is 0 Å². The minimum absolute atomic E-state index is 0.185. The molecule has 2 nitrogen and oxygen atoms in total. The van der Waals surface area contributed by atoms with Crippen LogP contribution in [0.5, 0.6) is 0 Å². The van der Waals surface area contributed by atoms with Crippen molar-refractivity contribution in [1.29, 1.82) is 0 Å². The molecule has 8 heavy (non-hydrogen) atoms. The van der Waals surface area contributed by atoms with E-state index in [2.05, 4.69) is 9.69 Å². The maximum atomic E-state index is 6.44. The molecular weight excluding hydrogens is 100 g/mol. The minimum atomic E-state index is 0.185. The van der Waals surface area contributed by atoms with Crippen LogP contribution in [0.3, 0.4) is 0 Å². The summed E-state index contributed by atoms with van der Waals surface area (Å²) in [4.78, 5) is 5.96. The van der Waals surface area contributed by atoms with Crippen LogP contribution in [0.4, 0.5) is 0 Å². The van der Waals surface area contributed by atoms with Crippen LogP contribution in [0.1, 0.15) is 13.8 Å². The first-order valence-corrected chi connectivity index (χ1v) is 2.14. The highest BCUT2D eigenvalue weighted by atomic mass is 14.9. The summed E-state index contributed by atoms with van der Waals surface area (Å²) in [5, 5.41) is 0. The van der Waals surface area contributed by atoms with Crippen molar-refractivity contribution in [3.05, 3.63) is 34.2 Å². The summed E-state index contributed by atoms with van der Waals surface area (Å²) in [7, 11) is 0. The Morgan fingerprint density at radius 2 is 1.50 bits per heavy atom. The fourth-order valence-electron chi connectivity index (χ4n) is 0.249. The van der Waals surface area contributed by atoms with E-state index in [4.69, 9.17) is 13.1 Å². The average Bonchev–Trinajstić information content (AvgIpc) is 1.69. The molecule has 0 N–H and O–H groups in total. The first-order valence-electron chi connectivity index (χ1n) is 2.14. The Balaban J connectivity index is 4.47. The first kappa shape index (κ1) is 6.72. The summed E-state index contributed by atoms with van der Waals surface area (Å²) >= 11 is 0. The van der Waals surface area contributed by atoms with Crippen LogP contribution in [0.2, 0.25) is 0 Å². The average molecular weight is 106 g/mol. The van der Waals surface area contributed by atoms with Gasteiger partial charge in [0.25, 0.3) is 0 Å². The van der Waals surface area contributed by atoms with Gasteiger partial charge in [0.05, 0.1) is 0 Å². The van der Waals surface area contributed by atoms with Crippen LogP contribution >= 0.6 is 0 Å². The lowest BCUT2D eigenvalue weighted by Gasteiger charge is -1.75. The second-order valence-electron chi connectivity index (χ2n) is 1.55. The normalized spacial score (nSPS) is 6.50. The van der Waals surface area contributed by atoms with Crippen LogP contribution < -0.4 is 0 Å². The molecule has 0 aromatic heterocycles. The Labute approximate surface area is 49.1 Å². The van der Waals surface area contributed by atoms with Crippen molar-refractivity contribution in [1.82, 2.24) is 0 Å². The lowest BCUT2D eigenvalue weighted by molar-refractivity contribution is 1.34. The van der Waals surface area contributed by atoms with E-state index < -0.39 is 0 Å². The molecule has 0 spiro atoms. The second-order valence-corrected chi connectivity index (χ2v) is 1.55. The van der Waals surface area contributed by atoms with Crippen molar-refractivity contribution < 1.29 is 0 Å². The van der Waals surface area contributed by atoms with E-state index in [0.717, 1.165) is 5.57 Å². The van der Waals surface area contributed by atoms with E-state index in [-0.39, 0.29) is 5.82 Å². The summed E-state index contributed by atoms with van der Waals surface area (Å²) in [6, 6.07) is 0. The Hall–Kier alpha value is -1.28. The fraction of sp³-hybridized carbons (Fsp3) is 0.333. The Bertz CT molecular complexity index is 168. The van der Waals surface area contributed by atoms with Gasteiger partial charge in [0.1, 0.15) is 13.1 Å². The topological polar surface area (TPSA) is 8.72 Å². The van der Waals surface area contributed by atoms with Gasteiger partial charge in [0.15, 0.2) is 0 Å². The molecule has 0 heterocycles. The molecule has 2 heteroatoms. The zero-order valence-electron chi connectivity index (χ0n) is 4.89. The summed E-state index contributed by atoms with van der Waals surface area (Å²) in [5.74, 6) is 0.185. The molecule has 0 aromatic carbocycles. The Kier molecular flexibility index (Phi) is 2.37. The number of allylic oxidation sites excluding steroid dienone is 1. The molecular formula is C6H6N2. The SMILES string of the molecule is [C-]#[N+]C([N+]#[C-])=C(C)C.